The molecule has 0 aliphatic carbocycles. The predicted molar refractivity (Wildman–Crippen MR) is 72.0 cm³/mol. The van der Waals surface area contributed by atoms with Gasteiger partial charge < -0.3 is 10.2 Å². The fourth-order valence-corrected chi connectivity index (χ4v) is 2.21. The van der Waals surface area contributed by atoms with E-state index in [-0.39, 0.29) is 6.04 Å². The van der Waals surface area contributed by atoms with Crippen molar-refractivity contribution in [3.05, 3.63) is 23.7 Å². The third-order valence-electron chi connectivity index (χ3n) is 3.04. The Morgan fingerprint density at radius 2 is 1.82 bits per heavy atom. The summed E-state index contributed by atoms with van der Waals surface area (Å²) in [4.78, 5) is 2.43. The molecule has 0 radical (unpaired) electrons. The minimum atomic E-state index is 0.232. The van der Waals surface area contributed by atoms with Gasteiger partial charge in [0, 0.05) is 13.0 Å². The van der Waals surface area contributed by atoms with Crippen LogP contribution in [0.5, 0.6) is 0 Å². The molecule has 3 nitrogen and oxygen atoms in total. The van der Waals surface area contributed by atoms with Gasteiger partial charge in [0.25, 0.3) is 0 Å². The van der Waals surface area contributed by atoms with E-state index >= 15 is 0 Å². The Bertz CT molecular complexity index is 303. The first kappa shape index (κ1) is 14.3. The van der Waals surface area contributed by atoms with Gasteiger partial charge in [-0.3, -0.25) is 4.90 Å². The lowest BCUT2D eigenvalue weighted by atomic mass is 10.1. The van der Waals surface area contributed by atoms with Crippen LogP contribution in [0, 0.1) is 0 Å². The highest BCUT2D eigenvalue weighted by Gasteiger charge is 2.20. The summed E-state index contributed by atoms with van der Waals surface area (Å²) in [6.07, 6.45) is 3.24. The van der Waals surface area contributed by atoms with Gasteiger partial charge in [-0.25, -0.2) is 0 Å². The fraction of sp³-hybridized carbons (Fsp3) is 0.714. The van der Waals surface area contributed by atoms with Gasteiger partial charge in [-0.05, 0) is 38.1 Å². The predicted octanol–water partition coefficient (Wildman–Crippen LogP) is 2.96. The zero-order valence-electron chi connectivity index (χ0n) is 11.4. The number of hydrogen-bond acceptors (Lipinski definition) is 3. The maximum atomic E-state index is 5.92. The minimum absolute atomic E-state index is 0.232. The van der Waals surface area contributed by atoms with Gasteiger partial charge in [0.2, 0.25) is 0 Å². The lowest BCUT2D eigenvalue weighted by Gasteiger charge is -2.28. The van der Waals surface area contributed by atoms with E-state index in [4.69, 9.17) is 10.2 Å². The van der Waals surface area contributed by atoms with E-state index in [9.17, 15) is 0 Å². The molecule has 0 amide bonds. The summed E-state index contributed by atoms with van der Waals surface area (Å²) in [6.45, 7) is 9.30. The number of nitrogens with zero attached hydrogens (tertiary/aromatic N) is 1. The van der Waals surface area contributed by atoms with E-state index in [1.165, 1.54) is 0 Å². The van der Waals surface area contributed by atoms with Gasteiger partial charge in [-0.15, -0.1) is 0 Å². The van der Waals surface area contributed by atoms with E-state index in [1.807, 2.05) is 0 Å². The van der Waals surface area contributed by atoms with Crippen molar-refractivity contribution < 1.29 is 4.42 Å². The molecular weight excluding hydrogens is 212 g/mol. The highest BCUT2D eigenvalue weighted by Crippen LogP contribution is 2.22. The van der Waals surface area contributed by atoms with Crippen molar-refractivity contribution in [3.63, 3.8) is 0 Å². The lowest BCUT2D eigenvalue weighted by molar-refractivity contribution is 0.178. The van der Waals surface area contributed by atoms with Crippen molar-refractivity contribution in [3.8, 4) is 0 Å². The minimum Gasteiger partial charge on any atom is -0.464 e. The number of nitrogens with two attached hydrogens (primary N) is 1. The molecule has 0 aliphatic rings. The zero-order valence-corrected chi connectivity index (χ0v) is 11.4. The summed E-state index contributed by atoms with van der Waals surface area (Å²) in [5, 5.41) is 0. The van der Waals surface area contributed by atoms with E-state index in [0.29, 0.717) is 6.54 Å². The van der Waals surface area contributed by atoms with Crippen molar-refractivity contribution in [2.75, 3.05) is 19.6 Å². The van der Waals surface area contributed by atoms with Crippen LogP contribution in [0.25, 0.3) is 0 Å². The standard InChI is InChI=1S/C14H26N2O/c1-4-9-16(10-5-2)13(11-15)14-8-7-12(6-3)17-14/h7-8,13H,4-6,9-11,15H2,1-3H3. The van der Waals surface area contributed by atoms with Crippen molar-refractivity contribution in [1.82, 2.24) is 4.90 Å². The quantitative estimate of drug-likeness (QED) is 0.757. The van der Waals surface area contributed by atoms with Crippen LogP contribution < -0.4 is 5.73 Å². The van der Waals surface area contributed by atoms with E-state index < -0.39 is 0 Å². The van der Waals surface area contributed by atoms with Gasteiger partial charge in [-0.1, -0.05) is 20.8 Å². The molecule has 0 saturated carbocycles. The molecule has 1 rings (SSSR count). The highest BCUT2D eigenvalue weighted by molar-refractivity contribution is 5.11. The second-order valence-corrected chi connectivity index (χ2v) is 4.45. The fourth-order valence-electron chi connectivity index (χ4n) is 2.21. The molecular formula is C14H26N2O. The summed E-state index contributed by atoms with van der Waals surface area (Å²) >= 11 is 0. The van der Waals surface area contributed by atoms with Crippen LogP contribution in [0.2, 0.25) is 0 Å². The molecule has 0 bridgehead atoms. The first-order chi connectivity index (χ1) is 8.26. The van der Waals surface area contributed by atoms with Crippen molar-refractivity contribution in [2.24, 2.45) is 5.73 Å². The third-order valence-corrected chi connectivity index (χ3v) is 3.04. The molecule has 1 aromatic rings. The summed E-state index contributed by atoms with van der Waals surface area (Å²) in [7, 11) is 0. The Morgan fingerprint density at radius 1 is 1.18 bits per heavy atom. The molecule has 0 spiro atoms. The van der Waals surface area contributed by atoms with Crippen molar-refractivity contribution in [2.45, 2.75) is 46.1 Å². The normalized spacial score (nSPS) is 13.2. The zero-order chi connectivity index (χ0) is 12.7. The first-order valence-corrected chi connectivity index (χ1v) is 6.79. The van der Waals surface area contributed by atoms with Crippen LogP contribution in [0.4, 0.5) is 0 Å². The summed E-state index contributed by atoms with van der Waals surface area (Å²) in [5.41, 5.74) is 5.92. The van der Waals surface area contributed by atoms with Crippen LogP contribution in [0.1, 0.15) is 51.2 Å². The van der Waals surface area contributed by atoms with Crippen LogP contribution >= 0.6 is 0 Å². The van der Waals surface area contributed by atoms with Crippen LogP contribution in [0.3, 0.4) is 0 Å². The van der Waals surface area contributed by atoms with Crippen LogP contribution in [-0.2, 0) is 6.42 Å². The molecule has 2 N–H and O–H groups in total. The van der Waals surface area contributed by atoms with Gasteiger partial charge in [-0.2, -0.15) is 0 Å². The largest absolute Gasteiger partial charge is 0.464 e. The SMILES string of the molecule is CCCN(CCC)C(CN)c1ccc(CC)o1. The van der Waals surface area contributed by atoms with Gasteiger partial charge >= 0.3 is 0 Å². The molecule has 0 fully saturated rings. The monoisotopic (exact) mass is 238 g/mol. The highest BCUT2D eigenvalue weighted by atomic mass is 16.3. The average molecular weight is 238 g/mol. The molecule has 1 aromatic heterocycles. The van der Waals surface area contributed by atoms with Gasteiger partial charge in [0.05, 0.1) is 6.04 Å². The van der Waals surface area contributed by atoms with E-state index in [0.717, 1.165) is 43.9 Å². The molecule has 0 aliphatic heterocycles. The second kappa shape index (κ2) is 7.51. The molecule has 1 heterocycles. The number of furan rings is 1. The summed E-state index contributed by atoms with van der Waals surface area (Å²) in [5.74, 6) is 2.07. The average Bonchev–Trinajstić information content (AvgIpc) is 2.79. The summed E-state index contributed by atoms with van der Waals surface area (Å²) < 4.78 is 5.84. The lowest BCUT2D eigenvalue weighted by Crippen LogP contribution is -2.34. The van der Waals surface area contributed by atoms with Gasteiger partial charge in [0.1, 0.15) is 11.5 Å². The van der Waals surface area contributed by atoms with Crippen LogP contribution in [-0.4, -0.2) is 24.5 Å². The Balaban J connectivity index is 2.79. The van der Waals surface area contributed by atoms with E-state index in [1.54, 1.807) is 0 Å². The molecule has 1 unspecified atom stereocenters. The van der Waals surface area contributed by atoms with E-state index in [2.05, 4.69) is 37.8 Å². The third kappa shape index (κ3) is 3.86. The Morgan fingerprint density at radius 3 is 2.24 bits per heavy atom. The number of rotatable bonds is 8. The topological polar surface area (TPSA) is 42.4 Å². The maximum Gasteiger partial charge on any atom is 0.122 e. The molecule has 1 atom stereocenters. The second-order valence-electron chi connectivity index (χ2n) is 4.45. The summed E-state index contributed by atoms with van der Waals surface area (Å²) in [6, 6.07) is 4.37. The Kier molecular flexibility index (Phi) is 6.30. The Labute approximate surface area is 105 Å². The van der Waals surface area contributed by atoms with Gasteiger partial charge in [0.15, 0.2) is 0 Å². The first-order valence-electron chi connectivity index (χ1n) is 6.79. The smallest absolute Gasteiger partial charge is 0.122 e. The molecule has 98 valence electrons. The Hall–Kier alpha value is -0.800. The molecule has 0 saturated heterocycles. The number of aryl methyl sites for hydroxylation is 1. The maximum absolute atomic E-state index is 5.92. The van der Waals surface area contributed by atoms with Crippen molar-refractivity contribution >= 4 is 0 Å². The molecule has 3 heteroatoms. The van der Waals surface area contributed by atoms with Crippen LogP contribution in [0.15, 0.2) is 16.5 Å². The van der Waals surface area contributed by atoms with Crippen molar-refractivity contribution in [1.29, 1.82) is 0 Å². The number of hydrogen-bond donors (Lipinski definition) is 1. The molecule has 17 heavy (non-hydrogen) atoms. The molecule has 0 aromatic carbocycles.